The predicted octanol–water partition coefficient (Wildman–Crippen LogP) is 5.22. The van der Waals surface area contributed by atoms with Crippen LogP contribution in [0.15, 0.2) is 66.0 Å². The van der Waals surface area contributed by atoms with Gasteiger partial charge in [0.25, 0.3) is 0 Å². The Morgan fingerprint density at radius 3 is 2.39 bits per heavy atom. The number of hydrogen-bond acceptors (Lipinski definition) is 4. The van der Waals surface area contributed by atoms with E-state index in [0.717, 1.165) is 18.4 Å². The quantitative estimate of drug-likeness (QED) is 0.374. The number of rotatable bonds is 10. The van der Waals surface area contributed by atoms with Crippen LogP contribution in [-0.4, -0.2) is 35.3 Å². The summed E-state index contributed by atoms with van der Waals surface area (Å²) in [6.07, 6.45) is 4.15. The van der Waals surface area contributed by atoms with Gasteiger partial charge in [-0.15, -0.1) is 0 Å². The Labute approximate surface area is 213 Å². The highest BCUT2D eigenvalue weighted by atomic mass is 32.2. The number of aromatic nitrogens is 2. The lowest BCUT2D eigenvalue weighted by atomic mass is 9.91. The molecule has 1 aliphatic rings. The first-order valence-corrected chi connectivity index (χ1v) is 14.0. The van der Waals surface area contributed by atoms with E-state index in [1.165, 1.54) is 18.2 Å². The molecule has 0 bridgehead atoms. The van der Waals surface area contributed by atoms with Crippen LogP contribution in [0.4, 0.5) is 4.39 Å². The number of nitrogens with zero attached hydrogens (tertiary/aromatic N) is 3. The molecule has 1 fully saturated rings. The van der Waals surface area contributed by atoms with Crippen molar-refractivity contribution < 1.29 is 17.6 Å². The lowest BCUT2D eigenvalue weighted by Crippen LogP contribution is -2.35. The van der Waals surface area contributed by atoms with Gasteiger partial charge in [-0.2, -0.15) is 0 Å². The summed E-state index contributed by atoms with van der Waals surface area (Å²) in [5.41, 5.74) is 1.50. The van der Waals surface area contributed by atoms with Crippen molar-refractivity contribution in [3.8, 4) is 0 Å². The summed E-state index contributed by atoms with van der Waals surface area (Å²) in [5.74, 6) is -0.508. The summed E-state index contributed by atoms with van der Waals surface area (Å²) in [4.78, 5) is 19.4. The molecule has 1 amide bonds. The summed E-state index contributed by atoms with van der Waals surface area (Å²) >= 11 is 0. The van der Waals surface area contributed by atoms with Crippen molar-refractivity contribution in [1.29, 1.82) is 0 Å². The molecule has 192 valence electrons. The molecule has 0 aliphatic heterocycles. The molecule has 8 heteroatoms. The summed E-state index contributed by atoms with van der Waals surface area (Å²) in [6.45, 7) is 7.32. The fourth-order valence-corrected chi connectivity index (χ4v) is 5.72. The van der Waals surface area contributed by atoms with Crippen molar-refractivity contribution >= 4 is 15.7 Å². The van der Waals surface area contributed by atoms with E-state index in [1.807, 2.05) is 56.0 Å². The van der Waals surface area contributed by atoms with Crippen LogP contribution in [0.2, 0.25) is 0 Å². The lowest BCUT2D eigenvalue weighted by Gasteiger charge is -2.27. The molecule has 1 saturated carbocycles. The third kappa shape index (κ3) is 6.81. The third-order valence-corrected chi connectivity index (χ3v) is 7.80. The largest absolute Gasteiger partial charge is 0.337 e. The van der Waals surface area contributed by atoms with Crippen LogP contribution in [0.1, 0.15) is 56.9 Å². The van der Waals surface area contributed by atoms with Crippen LogP contribution in [-0.2, 0) is 33.5 Å². The minimum atomic E-state index is -3.95. The van der Waals surface area contributed by atoms with Gasteiger partial charge in [0, 0.05) is 18.5 Å². The van der Waals surface area contributed by atoms with Crippen molar-refractivity contribution in [3.05, 3.63) is 83.4 Å². The standard InChI is InChI=1S/C28H34FN3O3S/c1-28(2,3)15-26(33)31(17-22-13-14-22)19-24-16-30-27(32(24)18-21-9-5-4-6-10-21)36(34,35)20-23-11-7-8-12-25(23)29/h4-12,16,22H,13-15,17-20H2,1-3H3. The zero-order valence-corrected chi connectivity index (χ0v) is 22.0. The Balaban J connectivity index is 1.69. The number of hydrogen-bond donors (Lipinski definition) is 0. The first-order valence-electron chi connectivity index (χ1n) is 12.3. The molecule has 1 heterocycles. The van der Waals surface area contributed by atoms with Crippen LogP contribution in [0, 0.1) is 17.2 Å². The summed E-state index contributed by atoms with van der Waals surface area (Å²) in [7, 11) is -3.95. The second kappa shape index (κ2) is 10.5. The predicted molar refractivity (Wildman–Crippen MR) is 137 cm³/mol. The molecule has 0 saturated heterocycles. The van der Waals surface area contributed by atoms with Crippen LogP contribution in [0.3, 0.4) is 0 Å². The molecule has 2 aromatic carbocycles. The number of carbonyl (C=O) groups is 1. The number of sulfone groups is 1. The average Bonchev–Trinajstić information content (AvgIpc) is 3.53. The van der Waals surface area contributed by atoms with E-state index in [2.05, 4.69) is 4.98 Å². The van der Waals surface area contributed by atoms with Crippen LogP contribution < -0.4 is 0 Å². The van der Waals surface area contributed by atoms with Gasteiger partial charge in [0.2, 0.25) is 20.9 Å². The van der Waals surface area contributed by atoms with Crippen molar-refractivity contribution in [2.45, 2.75) is 64.0 Å². The van der Waals surface area contributed by atoms with E-state index in [0.29, 0.717) is 24.6 Å². The van der Waals surface area contributed by atoms with Gasteiger partial charge in [-0.3, -0.25) is 4.79 Å². The molecule has 36 heavy (non-hydrogen) atoms. The number of amides is 1. The van der Waals surface area contributed by atoms with Gasteiger partial charge < -0.3 is 9.47 Å². The molecule has 4 rings (SSSR count). The highest BCUT2D eigenvalue weighted by molar-refractivity contribution is 7.90. The van der Waals surface area contributed by atoms with E-state index < -0.39 is 21.4 Å². The maximum atomic E-state index is 14.3. The van der Waals surface area contributed by atoms with Crippen molar-refractivity contribution in [2.24, 2.45) is 11.3 Å². The van der Waals surface area contributed by atoms with Gasteiger partial charge in [0.05, 0.1) is 30.7 Å². The van der Waals surface area contributed by atoms with Crippen molar-refractivity contribution in [3.63, 3.8) is 0 Å². The minimum Gasteiger partial charge on any atom is -0.337 e. The van der Waals surface area contributed by atoms with E-state index in [4.69, 9.17) is 0 Å². The monoisotopic (exact) mass is 511 g/mol. The first-order chi connectivity index (χ1) is 17.0. The van der Waals surface area contributed by atoms with Crippen molar-refractivity contribution in [2.75, 3.05) is 6.54 Å². The molecule has 0 radical (unpaired) electrons. The molecule has 6 nitrogen and oxygen atoms in total. The third-order valence-electron chi connectivity index (χ3n) is 6.23. The summed E-state index contributed by atoms with van der Waals surface area (Å²) in [5, 5.41) is -0.112. The number of benzene rings is 2. The molecular formula is C28H34FN3O3S. The van der Waals surface area contributed by atoms with Crippen LogP contribution in [0.25, 0.3) is 0 Å². The lowest BCUT2D eigenvalue weighted by molar-refractivity contribution is -0.134. The SMILES string of the molecule is CC(C)(C)CC(=O)N(Cc1cnc(S(=O)(=O)Cc2ccccc2F)n1Cc1ccccc1)CC1CC1. The van der Waals surface area contributed by atoms with E-state index in [9.17, 15) is 17.6 Å². The fourth-order valence-electron chi connectivity index (χ4n) is 4.21. The van der Waals surface area contributed by atoms with Crippen LogP contribution in [0.5, 0.6) is 0 Å². The Morgan fingerprint density at radius 2 is 1.75 bits per heavy atom. The van der Waals surface area contributed by atoms with Gasteiger partial charge >= 0.3 is 0 Å². The zero-order valence-electron chi connectivity index (χ0n) is 21.2. The summed E-state index contributed by atoms with van der Waals surface area (Å²) in [6, 6.07) is 15.4. The maximum Gasteiger partial charge on any atom is 0.228 e. The maximum absolute atomic E-state index is 14.3. The molecule has 0 atom stereocenters. The molecule has 0 unspecified atom stereocenters. The van der Waals surface area contributed by atoms with E-state index in [1.54, 1.807) is 16.8 Å². The minimum absolute atomic E-state index is 0.0534. The molecule has 3 aromatic rings. The van der Waals surface area contributed by atoms with Crippen molar-refractivity contribution in [1.82, 2.24) is 14.5 Å². The highest BCUT2D eigenvalue weighted by Gasteiger charge is 2.31. The van der Waals surface area contributed by atoms with Gasteiger partial charge in [0.1, 0.15) is 5.82 Å². The number of imidazole rings is 1. The molecule has 0 spiro atoms. The highest BCUT2D eigenvalue weighted by Crippen LogP contribution is 2.32. The van der Waals surface area contributed by atoms with E-state index >= 15 is 0 Å². The molecule has 1 aliphatic carbocycles. The second-order valence-corrected chi connectivity index (χ2v) is 12.8. The normalized spacial score (nSPS) is 14.1. The fraction of sp³-hybridized carbons (Fsp3) is 0.429. The summed E-state index contributed by atoms with van der Waals surface area (Å²) < 4.78 is 42.8. The molecular weight excluding hydrogens is 477 g/mol. The number of halogens is 1. The molecule has 1 aromatic heterocycles. The zero-order chi connectivity index (χ0) is 25.9. The first kappa shape index (κ1) is 26.1. The number of carbonyl (C=O) groups excluding carboxylic acids is 1. The van der Waals surface area contributed by atoms with E-state index in [-0.39, 0.29) is 35.1 Å². The Kier molecular flexibility index (Phi) is 7.64. The smallest absolute Gasteiger partial charge is 0.228 e. The Morgan fingerprint density at radius 1 is 1.08 bits per heavy atom. The molecule has 0 N–H and O–H groups in total. The van der Waals surface area contributed by atoms with Crippen LogP contribution >= 0.6 is 0 Å². The average molecular weight is 512 g/mol. The van der Waals surface area contributed by atoms with Gasteiger partial charge in [-0.1, -0.05) is 69.3 Å². The van der Waals surface area contributed by atoms with Gasteiger partial charge in [-0.05, 0) is 35.8 Å². The van der Waals surface area contributed by atoms with Gasteiger partial charge in [-0.25, -0.2) is 17.8 Å². The Bertz CT molecular complexity index is 1310. The topological polar surface area (TPSA) is 72.3 Å². The second-order valence-electron chi connectivity index (χ2n) is 10.9. The Hall–Kier alpha value is -3.00. The van der Waals surface area contributed by atoms with Gasteiger partial charge in [0.15, 0.2) is 0 Å².